The molecule has 0 saturated heterocycles. The number of thiazole rings is 1. The number of nitrogens with one attached hydrogen (secondary N) is 1. The SMILES string of the molecule is N#Cc1sc(NCCN)nc1Cl. The molecule has 0 fully saturated rings. The van der Waals surface area contributed by atoms with Gasteiger partial charge in [0, 0.05) is 13.1 Å². The maximum Gasteiger partial charge on any atom is 0.185 e. The largest absolute Gasteiger partial charge is 0.360 e. The molecule has 3 N–H and O–H groups in total. The van der Waals surface area contributed by atoms with E-state index < -0.39 is 0 Å². The van der Waals surface area contributed by atoms with E-state index in [1.807, 2.05) is 6.07 Å². The lowest BCUT2D eigenvalue weighted by Crippen LogP contribution is -2.12. The molecule has 0 unspecified atom stereocenters. The molecule has 1 rings (SSSR count). The highest BCUT2D eigenvalue weighted by Crippen LogP contribution is 2.25. The number of hydrogen-bond donors (Lipinski definition) is 2. The number of nitrogens with two attached hydrogens (primary N) is 1. The Bertz CT molecular complexity index is 303. The highest BCUT2D eigenvalue weighted by atomic mass is 35.5. The first-order chi connectivity index (χ1) is 5.77. The average Bonchev–Trinajstić information content (AvgIpc) is 2.43. The van der Waals surface area contributed by atoms with Crippen LogP contribution in [0.3, 0.4) is 0 Å². The number of hydrogen-bond acceptors (Lipinski definition) is 5. The molecule has 0 spiro atoms. The summed E-state index contributed by atoms with van der Waals surface area (Å²) < 4.78 is 0. The van der Waals surface area contributed by atoms with E-state index >= 15 is 0 Å². The Morgan fingerprint density at radius 3 is 3.00 bits per heavy atom. The first-order valence-corrected chi connectivity index (χ1v) is 4.47. The van der Waals surface area contributed by atoms with E-state index in [1.54, 1.807) is 0 Å². The van der Waals surface area contributed by atoms with Crippen molar-refractivity contribution in [2.75, 3.05) is 18.4 Å². The Labute approximate surface area is 79.0 Å². The van der Waals surface area contributed by atoms with Gasteiger partial charge in [0.05, 0.1) is 0 Å². The van der Waals surface area contributed by atoms with Crippen molar-refractivity contribution < 1.29 is 0 Å². The molecule has 0 radical (unpaired) electrons. The summed E-state index contributed by atoms with van der Waals surface area (Å²) in [6, 6.07) is 1.94. The van der Waals surface area contributed by atoms with Crippen LogP contribution in [0.4, 0.5) is 5.13 Å². The van der Waals surface area contributed by atoms with E-state index in [2.05, 4.69) is 10.3 Å². The van der Waals surface area contributed by atoms with Gasteiger partial charge in [-0.2, -0.15) is 5.26 Å². The van der Waals surface area contributed by atoms with Gasteiger partial charge in [-0.05, 0) is 0 Å². The van der Waals surface area contributed by atoms with Gasteiger partial charge in [0.25, 0.3) is 0 Å². The fraction of sp³-hybridized carbons (Fsp3) is 0.333. The van der Waals surface area contributed by atoms with E-state index in [1.165, 1.54) is 11.3 Å². The molecule has 64 valence electrons. The lowest BCUT2D eigenvalue weighted by atomic mass is 10.6. The van der Waals surface area contributed by atoms with E-state index in [4.69, 9.17) is 22.6 Å². The third kappa shape index (κ3) is 2.08. The number of anilines is 1. The smallest absolute Gasteiger partial charge is 0.185 e. The fourth-order valence-corrected chi connectivity index (χ4v) is 1.60. The molecule has 1 aromatic rings. The molecule has 0 aliphatic heterocycles. The molecule has 0 aliphatic rings. The predicted molar refractivity (Wildman–Crippen MR) is 49.4 cm³/mol. The quantitative estimate of drug-likeness (QED) is 0.768. The van der Waals surface area contributed by atoms with Crippen LogP contribution in [0.1, 0.15) is 4.88 Å². The van der Waals surface area contributed by atoms with E-state index in [0.29, 0.717) is 23.1 Å². The van der Waals surface area contributed by atoms with Gasteiger partial charge < -0.3 is 11.1 Å². The van der Waals surface area contributed by atoms with Gasteiger partial charge in [-0.25, -0.2) is 4.98 Å². The van der Waals surface area contributed by atoms with Crippen LogP contribution in [0, 0.1) is 11.3 Å². The zero-order valence-corrected chi connectivity index (χ0v) is 7.74. The third-order valence-corrected chi connectivity index (χ3v) is 2.41. The van der Waals surface area contributed by atoms with Crippen LogP contribution < -0.4 is 11.1 Å². The molecular weight excluding hydrogens is 196 g/mol. The Hall–Kier alpha value is -0.830. The molecule has 1 aromatic heterocycles. The summed E-state index contributed by atoms with van der Waals surface area (Å²) in [5.74, 6) is 0. The monoisotopic (exact) mass is 202 g/mol. The Balaban J connectivity index is 2.70. The molecule has 0 saturated carbocycles. The normalized spacial score (nSPS) is 9.42. The molecule has 0 bridgehead atoms. The summed E-state index contributed by atoms with van der Waals surface area (Å²) in [6.07, 6.45) is 0. The van der Waals surface area contributed by atoms with Crippen molar-refractivity contribution in [1.29, 1.82) is 5.26 Å². The minimum atomic E-state index is 0.252. The van der Waals surface area contributed by atoms with Gasteiger partial charge >= 0.3 is 0 Å². The van der Waals surface area contributed by atoms with Crippen LogP contribution in [-0.4, -0.2) is 18.1 Å². The van der Waals surface area contributed by atoms with Crippen LogP contribution in [0.25, 0.3) is 0 Å². The van der Waals surface area contributed by atoms with Crippen molar-refractivity contribution in [3.8, 4) is 6.07 Å². The van der Waals surface area contributed by atoms with Gasteiger partial charge in [0.2, 0.25) is 0 Å². The molecule has 0 atom stereocenters. The molecule has 1 heterocycles. The molecule has 12 heavy (non-hydrogen) atoms. The Kier molecular flexibility index (Phi) is 3.29. The Morgan fingerprint density at radius 1 is 1.75 bits per heavy atom. The summed E-state index contributed by atoms with van der Waals surface area (Å²) in [6.45, 7) is 1.16. The zero-order valence-electron chi connectivity index (χ0n) is 6.17. The van der Waals surface area contributed by atoms with Crippen molar-refractivity contribution in [2.24, 2.45) is 5.73 Å². The first-order valence-electron chi connectivity index (χ1n) is 3.28. The number of nitriles is 1. The predicted octanol–water partition coefficient (Wildman–Crippen LogP) is 1.04. The van der Waals surface area contributed by atoms with Crippen molar-refractivity contribution in [3.63, 3.8) is 0 Å². The summed E-state index contributed by atoms with van der Waals surface area (Å²) in [5, 5.41) is 12.4. The van der Waals surface area contributed by atoms with Gasteiger partial charge in [-0.1, -0.05) is 22.9 Å². The highest BCUT2D eigenvalue weighted by Gasteiger charge is 2.06. The summed E-state index contributed by atoms with van der Waals surface area (Å²) in [7, 11) is 0. The topological polar surface area (TPSA) is 74.7 Å². The highest BCUT2D eigenvalue weighted by molar-refractivity contribution is 7.16. The molecule has 4 nitrogen and oxygen atoms in total. The van der Waals surface area contributed by atoms with Crippen LogP contribution in [0.15, 0.2) is 0 Å². The number of aromatic nitrogens is 1. The van der Waals surface area contributed by atoms with E-state index in [0.717, 1.165) is 0 Å². The second-order valence-electron chi connectivity index (χ2n) is 1.97. The minimum absolute atomic E-state index is 0.252. The Morgan fingerprint density at radius 2 is 2.50 bits per heavy atom. The van der Waals surface area contributed by atoms with Crippen molar-refractivity contribution in [2.45, 2.75) is 0 Å². The first kappa shape index (κ1) is 9.26. The molecule has 6 heteroatoms. The second-order valence-corrected chi connectivity index (χ2v) is 3.32. The van der Waals surface area contributed by atoms with Gasteiger partial charge in [0.15, 0.2) is 10.3 Å². The van der Waals surface area contributed by atoms with Gasteiger partial charge in [-0.15, -0.1) is 0 Å². The van der Waals surface area contributed by atoms with Crippen LogP contribution in [0.2, 0.25) is 5.15 Å². The lowest BCUT2D eigenvalue weighted by molar-refractivity contribution is 1.02. The molecular formula is C6H7ClN4S. The van der Waals surface area contributed by atoms with Crippen molar-refractivity contribution >= 4 is 28.1 Å². The maximum atomic E-state index is 8.54. The van der Waals surface area contributed by atoms with Crippen LogP contribution >= 0.6 is 22.9 Å². The fourth-order valence-electron chi connectivity index (χ4n) is 0.625. The number of nitrogens with zero attached hydrogens (tertiary/aromatic N) is 2. The number of rotatable bonds is 3. The molecule has 0 aliphatic carbocycles. The zero-order chi connectivity index (χ0) is 8.97. The van der Waals surface area contributed by atoms with Crippen LogP contribution in [0.5, 0.6) is 0 Å². The minimum Gasteiger partial charge on any atom is -0.360 e. The van der Waals surface area contributed by atoms with Crippen molar-refractivity contribution in [1.82, 2.24) is 4.98 Å². The third-order valence-electron chi connectivity index (χ3n) is 1.11. The van der Waals surface area contributed by atoms with Crippen molar-refractivity contribution in [3.05, 3.63) is 10.0 Å². The summed E-state index contributed by atoms with van der Waals surface area (Å²) in [4.78, 5) is 4.34. The molecule has 0 amide bonds. The van der Waals surface area contributed by atoms with Gasteiger partial charge in [0.1, 0.15) is 10.9 Å². The standard InChI is InChI=1S/C6H7ClN4S/c7-5-4(3-9)12-6(11-5)10-2-1-8/h1-2,8H2,(H,10,11). The molecule has 0 aromatic carbocycles. The lowest BCUT2D eigenvalue weighted by Gasteiger charge is -1.95. The second kappa shape index (κ2) is 4.26. The maximum absolute atomic E-state index is 8.54. The van der Waals surface area contributed by atoms with Crippen LogP contribution in [-0.2, 0) is 0 Å². The summed E-state index contributed by atoms with van der Waals surface area (Å²) >= 11 is 6.86. The van der Waals surface area contributed by atoms with E-state index in [9.17, 15) is 0 Å². The average molecular weight is 203 g/mol. The van der Waals surface area contributed by atoms with E-state index in [-0.39, 0.29) is 5.15 Å². The van der Waals surface area contributed by atoms with Gasteiger partial charge in [-0.3, -0.25) is 0 Å². The summed E-state index contributed by atoms with van der Waals surface area (Å²) in [5.41, 5.74) is 5.27. The number of halogens is 1.